The van der Waals surface area contributed by atoms with Crippen LogP contribution < -0.4 is 14.6 Å². The number of carbonyl (C=O) groups is 3. The SMILES string of the molecule is Cc1ccc(-c2cc(C(F)(F)F)nn2-c2ccc(S(=O)(=O)NC(=O)CCC(=O)OC[C@@H]3CCCN3n3on3OC(C)OC(=O)C(C)(C)C)cc2)cc1. The van der Waals surface area contributed by atoms with E-state index in [1.54, 1.807) is 50.0 Å². The minimum absolute atomic E-state index is 0.0420. The molecule has 1 saturated heterocycles. The molecule has 1 aliphatic heterocycles. The molecule has 1 fully saturated rings. The number of esters is 2. The molecule has 52 heavy (non-hydrogen) atoms. The van der Waals surface area contributed by atoms with Crippen LogP contribution in [-0.4, -0.2) is 71.5 Å². The van der Waals surface area contributed by atoms with E-state index in [4.69, 9.17) is 18.9 Å². The summed E-state index contributed by atoms with van der Waals surface area (Å²) in [6.45, 7) is 9.02. The average molecular weight is 753 g/mol. The summed E-state index contributed by atoms with van der Waals surface area (Å²) in [5.74, 6) is -2.14. The lowest BCUT2D eigenvalue weighted by molar-refractivity contribution is -0.189. The monoisotopic (exact) mass is 752 g/mol. The highest BCUT2D eigenvalue weighted by atomic mass is 32.2. The Balaban J connectivity index is 1.11. The van der Waals surface area contributed by atoms with Crippen LogP contribution in [0, 0.1) is 12.3 Å². The molecular weight excluding hydrogens is 713 g/mol. The maximum absolute atomic E-state index is 13.5. The van der Waals surface area contributed by atoms with E-state index < -0.39 is 64.3 Å². The third-order valence-corrected chi connectivity index (χ3v) is 9.32. The van der Waals surface area contributed by atoms with Gasteiger partial charge in [0.15, 0.2) is 5.69 Å². The molecule has 2 aromatic heterocycles. The zero-order chi connectivity index (χ0) is 38.0. The molecule has 0 aliphatic carbocycles. The van der Waals surface area contributed by atoms with Crippen molar-refractivity contribution in [3.8, 4) is 16.9 Å². The number of hydrogen-bond acceptors (Lipinski definition) is 11. The van der Waals surface area contributed by atoms with Gasteiger partial charge in [-0.25, -0.2) is 17.8 Å². The summed E-state index contributed by atoms with van der Waals surface area (Å²) in [5, 5.41) is 6.49. The van der Waals surface area contributed by atoms with Crippen molar-refractivity contribution in [2.75, 3.05) is 18.2 Å². The van der Waals surface area contributed by atoms with Gasteiger partial charge in [0.1, 0.15) is 11.6 Å². The van der Waals surface area contributed by atoms with E-state index >= 15 is 0 Å². The van der Waals surface area contributed by atoms with E-state index in [9.17, 15) is 36.0 Å². The van der Waals surface area contributed by atoms with Crippen molar-refractivity contribution in [1.82, 2.24) is 24.5 Å². The summed E-state index contributed by atoms with van der Waals surface area (Å²) in [6, 6.07) is 12.2. The van der Waals surface area contributed by atoms with Crippen LogP contribution in [0.1, 0.15) is 64.6 Å². The van der Waals surface area contributed by atoms with Crippen molar-refractivity contribution in [2.24, 2.45) is 5.41 Å². The maximum Gasteiger partial charge on any atom is 0.435 e. The van der Waals surface area contributed by atoms with Gasteiger partial charge in [-0.15, -0.1) is 0 Å². The molecule has 4 aromatic rings. The number of amides is 1. The van der Waals surface area contributed by atoms with Gasteiger partial charge in [-0.1, -0.05) is 29.8 Å². The quantitative estimate of drug-likeness (QED) is 0.152. The average Bonchev–Trinajstić information content (AvgIpc) is 3.42. The van der Waals surface area contributed by atoms with Gasteiger partial charge in [0.05, 0.1) is 39.1 Å². The first kappa shape index (κ1) is 38.0. The van der Waals surface area contributed by atoms with Crippen LogP contribution in [0.2, 0.25) is 0 Å². The number of halogens is 3. The lowest BCUT2D eigenvalue weighted by Crippen LogP contribution is -2.41. The van der Waals surface area contributed by atoms with Gasteiger partial charge in [0.2, 0.25) is 5.91 Å². The summed E-state index contributed by atoms with van der Waals surface area (Å²) >= 11 is 0. The van der Waals surface area contributed by atoms with Crippen molar-refractivity contribution < 1.29 is 54.9 Å². The van der Waals surface area contributed by atoms with Gasteiger partial charge >= 0.3 is 18.1 Å². The minimum atomic E-state index is -4.71. The number of rotatable bonds is 13. The molecule has 15 nitrogen and oxygen atoms in total. The third kappa shape index (κ3) is 9.36. The molecule has 0 saturated carbocycles. The highest BCUT2D eigenvalue weighted by molar-refractivity contribution is 7.90. The number of sulfonamides is 1. The van der Waals surface area contributed by atoms with Crippen LogP contribution in [-0.2, 0) is 40.1 Å². The number of nitrogens with one attached hydrogen (secondary N) is 1. The Hall–Kier alpha value is -5.20. The zero-order valence-corrected chi connectivity index (χ0v) is 29.9. The zero-order valence-electron chi connectivity index (χ0n) is 29.0. The van der Waals surface area contributed by atoms with Gasteiger partial charge in [-0.05, 0) is 70.9 Å². The van der Waals surface area contributed by atoms with Gasteiger partial charge in [0.25, 0.3) is 16.3 Å². The second-order valence-electron chi connectivity index (χ2n) is 13.3. The topological polar surface area (TPSA) is 169 Å². The summed E-state index contributed by atoms with van der Waals surface area (Å²) in [6.07, 6.45) is -5.12. The molecular formula is C33H39F3N6O9S. The smallest absolute Gasteiger partial charge is 0.435 e. The van der Waals surface area contributed by atoms with E-state index in [0.29, 0.717) is 18.5 Å². The summed E-state index contributed by atoms with van der Waals surface area (Å²) in [5.41, 5.74) is -0.161. The van der Waals surface area contributed by atoms with Gasteiger partial charge in [0, 0.05) is 25.5 Å². The van der Waals surface area contributed by atoms with E-state index in [-0.39, 0.29) is 28.9 Å². The summed E-state index contributed by atoms with van der Waals surface area (Å²) in [7, 11) is -4.39. The number of carbonyl (C=O) groups excluding carboxylic acids is 3. The summed E-state index contributed by atoms with van der Waals surface area (Å²) < 4.78 is 85.3. The molecule has 1 unspecified atom stereocenters. The lowest BCUT2D eigenvalue weighted by Gasteiger charge is -2.21. The van der Waals surface area contributed by atoms with Crippen LogP contribution in [0.4, 0.5) is 13.2 Å². The van der Waals surface area contributed by atoms with Crippen LogP contribution in [0.5, 0.6) is 0 Å². The standard InChI is InChI=1S/C33H39F3N6O9S/c1-21-8-10-23(11-9-21)27-19-28(33(34,35)36)37-40(27)24-12-14-26(15-13-24)52(46,47)38-29(43)16-17-30(44)48-20-25-7-6-18-39(25)41-42(51-41)50-22(2)49-31(45)32(3,4)5/h8-15,19,22,25H,6-7,16-18,20H2,1-5H3,(H,38,43)/t22?,25-,41?,42?/m0/s1. The lowest BCUT2D eigenvalue weighted by atomic mass is 9.97. The van der Waals surface area contributed by atoms with E-state index in [1.807, 2.05) is 11.6 Å². The Morgan fingerprint density at radius 3 is 2.35 bits per heavy atom. The minimum Gasteiger partial charge on any atom is -0.463 e. The normalized spacial score (nSPS) is 15.8. The first-order chi connectivity index (χ1) is 24.3. The Labute approximate surface area is 297 Å². The van der Waals surface area contributed by atoms with Crippen LogP contribution >= 0.6 is 0 Å². The van der Waals surface area contributed by atoms with Crippen LogP contribution in [0.3, 0.4) is 0 Å². The van der Waals surface area contributed by atoms with Crippen molar-refractivity contribution in [2.45, 2.75) is 83.7 Å². The third-order valence-electron chi connectivity index (χ3n) is 7.93. The van der Waals surface area contributed by atoms with Gasteiger partial charge < -0.3 is 14.3 Å². The summed E-state index contributed by atoms with van der Waals surface area (Å²) in [4.78, 5) is 43.4. The maximum atomic E-state index is 13.5. The second kappa shape index (κ2) is 14.8. The molecule has 0 spiro atoms. The van der Waals surface area contributed by atoms with Crippen LogP contribution in [0.15, 0.2) is 64.1 Å². The number of aryl methyl sites for hydroxylation is 1. The number of benzene rings is 2. The highest BCUT2D eigenvalue weighted by Crippen LogP contribution is 2.33. The van der Waals surface area contributed by atoms with Crippen molar-refractivity contribution in [1.29, 1.82) is 0 Å². The Bertz CT molecular complexity index is 1990. The number of ether oxygens (including phenoxy) is 2. The molecule has 0 bridgehead atoms. The molecule has 2 aromatic carbocycles. The van der Waals surface area contributed by atoms with Crippen molar-refractivity contribution in [3.05, 3.63) is 65.9 Å². The molecule has 0 radical (unpaired) electrons. The molecule has 3 heterocycles. The van der Waals surface area contributed by atoms with Crippen molar-refractivity contribution in [3.63, 3.8) is 0 Å². The molecule has 1 N–H and O–H groups in total. The van der Waals surface area contributed by atoms with E-state index in [1.165, 1.54) is 24.0 Å². The first-order valence-electron chi connectivity index (χ1n) is 16.3. The largest absolute Gasteiger partial charge is 0.463 e. The Morgan fingerprint density at radius 1 is 1.04 bits per heavy atom. The predicted molar refractivity (Wildman–Crippen MR) is 177 cm³/mol. The fourth-order valence-electron chi connectivity index (χ4n) is 5.09. The molecule has 2 atom stereocenters. The Kier molecular flexibility index (Phi) is 10.8. The molecule has 282 valence electrons. The van der Waals surface area contributed by atoms with Gasteiger partial charge in [-0.2, -0.15) is 22.9 Å². The van der Waals surface area contributed by atoms with E-state index in [0.717, 1.165) is 39.9 Å². The number of nitrogens with zero attached hydrogens (tertiary/aromatic N) is 5. The molecule has 1 amide bonds. The van der Waals surface area contributed by atoms with Crippen molar-refractivity contribution >= 4 is 27.9 Å². The molecule has 1 aliphatic rings. The first-order valence-corrected chi connectivity index (χ1v) is 17.8. The second-order valence-corrected chi connectivity index (χ2v) is 14.9. The number of hydrogen-bond donors (Lipinski definition) is 1. The number of aromatic nitrogens is 4. The number of alkyl halides is 3. The Morgan fingerprint density at radius 2 is 1.71 bits per heavy atom. The molecule has 5 rings (SSSR count). The fourth-order valence-corrected chi connectivity index (χ4v) is 6.10. The van der Waals surface area contributed by atoms with Gasteiger partial charge in [-0.3, -0.25) is 19.4 Å². The highest BCUT2D eigenvalue weighted by Gasteiger charge is 2.36. The van der Waals surface area contributed by atoms with Crippen LogP contribution in [0.25, 0.3) is 16.9 Å². The predicted octanol–water partition coefficient (Wildman–Crippen LogP) is 4.36. The fraction of sp³-hybridized carbons (Fsp3) is 0.455. The molecule has 19 heteroatoms. The van der Waals surface area contributed by atoms with E-state index in [2.05, 4.69) is 5.10 Å².